The highest BCUT2D eigenvalue weighted by atomic mass is 16.4. The first kappa shape index (κ1) is 8.94. The molecule has 0 amide bonds. The third-order valence-corrected chi connectivity index (χ3v) is 0. The van der Waals surface area contributed by atoms with Crippen molar-refractivity contribution in [1.82, 2.24) is 0 Å². The Balaban J connectivity index is 0. The molecule has 0 spiro atoms. The Morgan fingerprint density at radius 2 is 1.67 bits per heavy atom. The van der Waals surface area contributed by atoms with Crippen LogP contribution < -0.4 is 5.11 Å². The molecule has 0 rings (SSSR count). The van der Waals surface area contributed by atoms with Gasteiger partial charge in [0.1, 0.15) is 6.79 Å². The highest BCUT2D eigenvalue weighted by Gasteiger charge is 1.46. The molecule has 0 radical (unpaired) electrons. The van der Waals surface area contributed by atoms with Gasteiger partial charge in [-0.1, -0.05) is 0 Å². The minimum absolute atomic E-state index is 0.972. The van der Waals surface area contributed by atoms with Crippen LogP contribution in [0.1, 0.15) is 6.92 Å². The Kier molecular flexibility index (Phi) is 13.3. The molecular formula is C3H5O3-. The molecule has 0 aromatic carbocycles. The molecule has 0 aromatic heterocycles. The summed E-state index contributed by atoms with van der Waals surface area (Å²) in [6, 6.07) is 0. The number of carbonyl (C=O) groups excluding carboxylic acids is 2. The highest BCUT2D eigenvalue weighted by molar-refractivity contribution is 5.60. The van der Waals surface area contributed by atoms with E-state index in [0.29, 0.717) is 0 Å². The number of aliphatic carboxylic acids is 1. The first-order valence-corrected chi connectivity index (χ1v) is 1.20. The van der Waals surface area contributed by atoms with Crippen molar-refractivity contribution in [1.29, 1.82) is 0 Å². The molecule has 0 aromatic rings. The molecule has 0 unspecified atom stereocenters. The molecule has 0 aliphatic rings. The van der Waals surface area contributed by atoms with E-state index in [2.05, 4.69) is 0 Å². The summed E-state index contributed by atoms with van der Waals surface area (Å²) in [5.74, 6) is -1.08. The van der Waals surface area contributed by atoms with Crippen LogP contribution in [-0.4, -0.2) is 12.8 Å². The predicted octanol–water partition coefficient (Wildman–Crippen LogP) is -1.43. The van der Waals surface area contributed by atoms with Crippen molar-refractivity contribution in [3.05, 3.63) is 0 Å². The number of hydrogen-bond acceptors (Lipinski definition) is 3. The van der Waals surface area contributed by atoms with Gasteiger partial charge in [0.2, 0.25) is 0 Å². The zero-order valence-corrected chi connectivity index (χ0v) is 3.43. The maximum atomic E-state index is 8.89. The summed E-state index contributed by atoms with van der Waals surface area (Å²) in [7, 11) is 0. The fourth-order valence-electron chi connectivity index (χ4n) is 0. The van der Waals surface area contributed by atoms with Gasteiger partial charge in [-0.2, -0.15) is 0 Å². The third-order valence-electron chi connectivity index (χ3n) is 0. The first-order valence-electron chi connectivity index (χ1n) is 1.20. The molecule has 0 fully saturated rings. The summed E-state index contributed by atoms with van der Waals surface area (Å²) in [6.45, 7) is 2.97. The predicted molar refractivity (Wildman–Crippen MR) is 17.8 cm³/mol. The molecule has 6 heavy (non-hydrogen) atoms. The van der Waals surface area contributed by atoms with E-state index in [1.807, 2.05) is 6.79 Å². The SMILES string of the molecule is C=O.CC(=O)[O-]. The van der Waals surface area contributed by atoms with Gasteiger partial charge in [0, 0.05) is 5.97 Å². The Bertz CT molecular complexity index is 37.3. The van der Waals surface area contributed by atoms with E-state index >= 15 is 0 Å². The van der Waals surface area contributed by atoms with Crippen molar-refractivity contribution in [2.75, 3.05) is 0 Å². The summed E-state index contributed by atoms with van der Waals surface area (Å²) < 4.78 is 0. The largest absolute Gasteiger partial charge is 0.550 e. The zero-order chi connectivity index (χ0) is 5.58. The fraction of sp³-hybridized carbons (Fsp3) is 0.333. The molecule has 36 valence electrons. The maximum absolute atomic E-state index is 8.89. The molecule has 3 heteroatoms. The van der Waals surface area contributed by atoms with E-state index in [1.54, 1.807) is 0 Å². The van der Waals surface area contributed by atoms with Gasteiger partial charge in [-0.05, 0) is 6.92 Å². The van der Waals surface area contributed by atoms with E-state index in [9.17, 15) is 0 Å². The molecule has 3 nitrogen and oxygen atoms in total. The molecule has 0 aliphatic heterocycles. The number of carboxylic acid groups (broad SMARTS) is 1. The first-order chi connectivity index (χ1) is 2.73. The van der Waals surface area contributed by atoms with Gasteiger partial charge in [-0.15, -0.1) is 0 Å². The Labute approximate surface area is 35.6 Å². The van der Waals surface area contributed by atoms with Crippen LogP contribution in [-0.2, 0) is 9.59 Å². The second-order valence-corrected chi connectivity index (χ2v) is 0.492. The quantitative estimate of drug-likeness (QED) is 0.365. The minimum Gasteiger partial charge on any atom is -0.550 e. The molecule has 0 bridgehead atoms. The normalized spacial score (nSPS) is 4.83. The van der Waals surface area contributed by atoms with Crippen LogP contribution in [0.4, 0.5) is 0 Å². The molecule has 0 atom stereocenters. The van der Waals surface area contributed by atoms with Crippen molar-refractivity contribution in [3.63, 3.8) is 0 Å². The lowest BCUT2D eigenvalue weighted by Crippen LogP contribution is -2.16. The Morgan fingerprint density at radius 1 is 1.67 bits per heavy atom. The molecule has 0 heterocycles. The second kappa shape index (κ2) is 8.91. The van der Waals surface area contributed by atoms with E-state index < -0.39 is 5.97 Å². The van der Waals surface area contributed by atoms with Gasteiger partial charge >= 0.3 is 0 Å². The van der Waals surface area contributed by atoms with Gasteiger partial charge < -0.3 is 14.7 Å². The van der Waals surface area contributed by atoms with Crippen LogP contribution in [0, 0.1) is 0 Å². The Hall–Kier alpha value is -0.860. The number of hydrogen-bond donors (Lipinski definition) is 0. The maximum Gasteiger partial charge on any atom is 0.106 e. The highest BCUT2D eigenvalue weighted by Crippen LogP contribution is 1.31. The van der Waals surface area contributed by atoms with Crippen LogP contribution >= 0.6 is 0 Å². The summed E-state index contributed by atoms with van der Waals surface area (Å²) in [4.78, 5) is 16.9. The molecule has 0 N–H and O–H groups in total. The number of carboxylic acids is 1. The van der Waals surface area contributed by atoms with Crippen LogP contribution in [0.15, 0.2) is 0 Å². The van der Waals surface area contributed by atoms with Gasteiger partial charge in [-0.3, -0.25) is 0 Å². The van der Waals surface area contributed by atoms with Gasteiger partial charge in [0.05, 0.1) is 0 Å². The standard InChI is InChI=1S/C2H4O2.CH2O/c1-2(3)4;1-2/h1H3,(H,3,4);1H2/p-1. The second-order valence-electron chi connectivity index (χ2n) is 0.492. The van der Waals surface area contributed by atoms with Crippen molar-refractivity contribution >= 4 is 12.8 Å². The van der Waals surface area contributed by atoms with Crippen LogP contribution in [0.25, 0.3) is 0 Å². The molecule has 0 saturated carbocycles. The zero-order valence-electron chi connectivity index (χ0n) is 3.43. The summed E-state index contributed by atoms with van der Waals surface area (Å²) in [5.41, 5.74) is 0. The van der Waals surface area contributed by atoms with Crippen molar-refractivity contribution in [2.45, 2.75) is 6.92 Å². The van der Waals surface area contributed by atoms with Crippen molar-refractivity contribution in [3.8, 4) is 0 Å². The average molecular weight is 89.1 g/mol. The van der Waals surface area contributed by atoms with Crippen LogP contribution in [0.2, 0.25) is 0 Å². The topological polar surface area (TPSA) is 57.2 Å². The van der Waals surface area contributed by atoms with E-state index in [-0.39, 0.29) is 0 Å². The summed E-state index contributed by atoms with van der Waals surface area (Å²) in [6.07, 6.45) is 0. The van der Waals surface area contributed by atoms with Crippen LogP contribution in [0.5, 0.6) is 0 Å². The molecule has 0 saturated heterocycles. The van der Waals surface area contributed by atoms with Crippen LogP contribution in [0.3, 0.4) is 0 Å². The monoisotopic (exact) mass is 89.0 g/mol. The Morgan fingerprint density at radius 3 is 1.67 bits per heavy atom. The van der Waals surface area contributed by atoms with E-state index in [0.717, 1.165) is 6.92 Å². The van der Waals surface area contributed by atoms with Gasteiger partial charge in [0.15, 0.2) is 0 Å². The molecular weight excluding hydrogens is 84.0 g/mol. The lowest BCUT2D eigenvalue weighted by Gasteiger charge is -1.77. The fourth-order valence-corrected chi connectivity index (χ4v) is 0. The minimum atomic E-state index is -1.08. The molecule has 0 aliphatic carbocycles. The van der Waals surface area contributed by atoms with E-state index in [4.69, 9.17) is 14.7 Å². The van der Waals surface area contributed by atoms with Gasteiger partial charge in [-0.25, -0.2) is 0 Å². The lowest BCUT2D eigenvalue weighted by atomic mass is 10.9. The van der Waals surface area contributed by atoms with Crippen molar-refractivity contribution in [2.24, 2.45) is 0 Å². The summed E-state index contributed by atoms with van der Waals surface area (Å²) >= 11 is 0. The third kappa shape index (κ3) is 19.4. The summed E-state index contributed by atoms with van der Waals surface area (Å²) in [5, 5.41) is 8.89. The average Bonchev–Trinajstić information content (AvgIpc) is 1.41. The smallest absolute Gasteiger partial charge is 0.106 e. The lowest BCUT2D eigenvalue weighted by molar-refractivity contribution is -0.302. The van der Waals surface area contributed by atoms with Crippen molar-refractivity contribution < 1.29 is 14.7 Å². The number of rotatable bonds is 0. The van der Waals surface area contributed by atoms with E-state index in [1.165, 1.54) is 0 Å². The van der Waals surface area contributed by atoms with Gasteiger partial charge in [0.25, 0.3) is 0 Å². The number of carbonyl (C=O) groups is 2.